The fraction of sp³-hybridized carbons (Fsp3) is 0.278. The van der Waals surface area contributed by atoms with Gasteiger partial charge >= 0.3 is 5.97 Å². The minimum Gasteiger partial charge on any atom is -0.487 e. The number of hydrogen-bond acceptors (Lipinski definition) is 2. The van der Waals surface area contributed by atoms with Gasteiger partial charge in [0, 0.05) is 6.42 Å². The first-order valence-electron chi connectivity index (χ1n) is 7.24. The summed E-state index contributed by atoms with van der Waals surface area (Å²) < 4.78 is 6.82. The topological polar surface area (TPSA) is 46.5 Å². The third kappa shape index (κ3) is 4.88. The number of aryl methyl sites for hydroxylation is 2. The smallest absolute Gasteiger partial charge is 0.303 e. The number of benzene rings is 2. The van der Waals surface area contributed by atoms with Gasteiger partial charge in [0.1, 0.15) is 12.4 Å². The minimum atomic E-state index is -0.751. The fourth-order valence-electron chi connectivity index (χ4n) is 2.30. The van der Waals surface area contributed by atoms with Gasteiger partial charge < -0.3 is 9.84 Å². The molecule has 3 nitrogen and oxygen atoms in total. The molecule has 0 spiro atoms. The van der Waals surface area contributed by atoms with E-state index in [0.717, 1.165) is 33.3 Å². The van der Waals surface area contributed by atoms with Gasteiger partial charge in [0.15, 0.2) is 0 Å². The summed E-state index contributed by atoms with van der Waals surface area (Å²) in [6, 6.07) is 14.1. The maximum absolute atomic E-state index is 10.6. The van der Waals surface area contributed by atoms with Gasteiger partial charge in [0.25, 0.3) is 0 Å². The van der Waals surface area contributed by atoms with Gasteiger partial charge in [-0.2, -0.15) is 0 Å². The Kier molecular flexibility index (Phi) is 6.01. The predicted octanol–water partition coefficient (Wildman–Crippen LogP) is 4.74. The summed E-state index contributed by atoms with van der Waals surface area (Å²) in [5.74, 6) is 0.0874. The van der Waals surface area contributed by atoms with Gasteiger partial charge in [0.2, 0.25) is 0 Å². The molecular weight excluding hydrogens is 344 g/mol. The average molecular weight is 363 g/mol. The Hall–Kier alpha value is -1.81. The second-order valence-electron chi connectivity index (χ2n) is 5.25. The van der Waals surface area contributed by atoms with E-state index >= 15 is 0 Å². The first-order chi connectivity index (χ1) is 10.6. The molecule has 0 radical (unpaired) electrons. The highest BCUT2D eigenvalue weighted by molar-refractivity contribution is 9.10. The lowest BCUT2D eigenvalue weighted by atomic mass is 10.1. The Labute approximate surface area is 139 Å². The predicted molar refractivity (Wildman–Crippen MR) is 90.2 cm³/mol. The third-order valence-electron chi connectivity index (χ3n) is 3.37. The molecule has 0 fully saturated rings. The van der Waals surface area contributed by atoms with E-state index in [9.17, 15) is 4.79 Å². The molecule has 0 atom stereocenters. The number of rotatable bonds is 7. The van der Waals surface area contributed by atoms with Crippen molar-refractivity contribution in [2.45, 2.75) is 32.8 Å². The second kappa shape index (κ2) is 7.99. The van der Waals surface area contributed by atoms with Crippen LogP contribution in [0.1, 0.15) is 29.5 Å². The minimum absolute atomic E-state index is 0.197. The van der Waals surface area contributed by atoms with E-state index in [0.29, 0.717) is 13.0 Å². The van der Waals surface area contributed by atoms with Crippen LogP contribution in [0.4, 0.5) is 0 Å². The Morgan fingerprint density at radius 1 is 1.18 bits per heavy atom. The van der Waals surface area contributed by atoms with Crippen LogP contribution >= 0.6 is 15.9 Å². The summed E-state index contributed by atoms with van der Waals surface area (Å²) in [4.78, 5) is 10.6. The summed E-state index contributed by atoms with van der Waals surface area (Å²) in [5.41, 5.74) is 3.30. The van der Waals surface area contributed by atoms with Crippen molar-refractivity contribution in [3.05, 3.63) is 63.6 Å². The van der Waals surface area contributed by atoms with Gasteiger partial charge in [-0.05, 0) is 58.5 Å². The molecule has 2 rings (SSSR count). The van der Waals surface area contributed by atoms with E-state index < -0.39 is 5.97 Å². The maximum Gasteiger partial charge on any atom is 0.303 e. The van der Waals surface area contributed by atoms with Crippen molar-refractivity contribution in [3.8, 4) is 5.75 Å². The lowest BCUT2D eigenvalue weighted by Crippen LogP contribution is -2.00. The Balaban J connectivity index is 2.01. The number of carboxylic acid groups (broad SMARTS) is 1. The second-order valence-corrected chi connectivity index (χ2v) is 6.10. The van der Waals surface area contributed by atoms with Crippen molar-refractivity contribution in [1.29, 1.82) is 0 Å². The van der Waals surface area contributed by atoms with E-state index in [1.165, 1.54) is 0 Å². The summed E-state index contributed by atoms with van der Waals surface area (Å²) >= 11 is 3.55. The SMILES string of the molecule is Cc1cc(CCCC(=O)O)cc(Br)c1OCc1ccccc1. The maximum atomic E-state index is 10.6. The number of hydrogen-bond donors (Lipinski definition) is 1. The van der Waals surface area contributed by atoms with Gasteiger partial charge in [-0.15, -0.1) is 0 Å². The number of ether oxygens (including phenoxy) is 1. The zero-order valence-electron chi connectivity index (χ0n) is 12.5. The highest BCUT2D eigenvalue weighted by Gasteiger charge is 2.09. The van der Waals surface area contributed by atoms with E-state index in [1.807, 2.05) is 43.3 Å². The van der Waals surface area contributed by atoms with Crippen LogP contribution < -0.4 is 4.74 Å². The highest BCUT2D eigenvalue weighted by Crippen LogP contribution is 2.31. The quantitative estimate of drug-likeness (QED) is 0.773. The van der Waals surface area contributed by atoms with Crippen molar-refractivity contribution in [2.75, 3.05) is 0 Å². The van der Waals surface area contributed by atoms with Crippen LogP contribution in [0.15, 0.2) is 46.9 Å². The molecule has 2 aromatic rings. The molecule has 1 N–H and O–H groups in total. The molecule has 0 aromatic heterocycles. The van der Waals surface area contributed by atoms with E-state index in [1.54, 1.807) is 0 Å². The molecule has 116 valence electrons. The lowest BCUT2D eigenvalue weighted by Gasteiger charge is -2.13. The van der Waals surface area contributed by atoms with Gasteiger partial charge in [-0.1, -0.05) is 36.4 Å². The molecule has 0 heterocycles. The van der Waals surface area contributed by atoms with Crippen molar-refractivity contribution in [1.82, 2.24) is 0 Å². The Morgan fingerprint density at radius 2 is 1.91 bits per heavy atom. The number of carboxylic acids is 1. The molecule has 0 unspecified atom stereocenters. The first-order valence-corrected chi connectivity index (χ1v) is 8.03. The van der Waals surface area contributed by atoms with Crippen molar-refractivity contribution >= 4 is 21.9 Å². The van der Waals surface area contributed by atoms with E-state index in [2.05, 4.69) is 22.0 Å². The highest BCUT2D eigenvalue weighted by atomic mass is 79.9. The number of aliphatic carboxylic acids is 1. The van der Waals surface area contributed by atoms with Gasteiger partial charge in [-0.25, -0.2) is 0 Å². The standard InChI is InChI=1S/C18H19BrO3/c1-13-10-15(8-5-9-17(20)21)11-16(19)18(13)22-12-14-6-3-2-4-7-14/h2-4,6-7,10-11H,5,8-9,12H2,1H3,(H,20,21). The van der Waals surface area contributed by atoms with Gasteiger partial charge in [-0.3, -0.25) is 4.79 Å². The van der Waals surface area contributed by atoms with Crippen molar-refractivity contribution < 1.29 is 14.6 Å². The molecule has 0 saturated heterocycles. The summed E-state index contributed by atoms with van der Waals surface area (Å²) in [6.07, 6.45) is 1.60. The summed E-state index contributed by atoms with van der Waals surface area (Å²) in [6.45, 7) is 2.53. The van der Waals surface area contributed by atoms with Crippen LogP contribution in [0.2, 0.25) is 0 Å². The van der Waals surface area contributed by atoms with Gasteiger partial charge in [0.05, 0.1) is 4.47 Å². The molecule has 0 aliphatic heterocycles. The molecule has 0 aliphatic rings. The summed E-state index contributed by atoms with van der Waals surface area (Å²) in [7, 11) is 0. The summed E-state index contributed by atoms with van der Waals surface area (Å²) in [5, 5.41) is 8.69. The Bertz CT molecular complexity index is 615. The number of halogens is 1. The molecule has 2 aromatic carbocycles. The molecule has 0 aliphatic carbocycles. The van der Waals surface area contributed by atoms with Crippen LogP contribution in [0, 0.1) is 6.92 Å². The number of carbonyl (C=O) groups is 1. The third-order valence-corrected chi connectivity index (χ3v) is 3.96. The van der Waals surface area contributed by atoms with Crippen LogP contribution in [-0.2, 0) is 17.8 Å². The van der Waals surface area contributed by atoms with Crippen molar-refractivity contribution in [2.24, 2.45) is 0 Å². The Morgan fingerprint density at radius 3 is 2.55 bits per heavy atom. The van der Waals surface area contributed by atoms with E-state index in [-0.39, 0.29) is 6.42 Å². The zero-order valence-corrected chi connectivity index (χ0v) is 14.1. The van der Waals surface area contributed by atoms with Crippen LogP contribution in [0.5, 0.6) is 5.75 Å². The van der Waals surface area contributed by atoms with Crippen LogP contribution in [0.25, 0.3) is 0 Å². The van der Waals surface area contributed by atoms with Crippen LogP contribution in [0.3, 0.4) is 0 Å². The van der Waals surface area contributed by atoms with E-state index in [4.69, 9.17) is 9.84 Å². The monoisotopic (exact) mass is 362 g/mol. The molecule has 0 bridgehead atoms. The van der Waals surface area contributed by atoms with Crippen molar-refractivity contribution in [3.63, 3.8) is 0 Å². The lowest BCUT2D eigenvalue weighted by molar-refractivity contribution is -0.137. The zero-order chi connectivity index (χ0) is 15.9. The fourth-order valence-corrected chi connectivity index (χ4v) is 3.02. The van der Waals surface area contributed by atoms with Crippen LogP contribution in [-0.4, -0.2) is 11.1 Å². The normalized spacial score (nSPS) is 10.5. The molecule has 0 amide bonds. The molecular formula is C18H19BrO3. The largest absolute Gasteiger partial charge is 0.487 e. The first kappa shape index (κ1) is 16.6. The molecule has 4 heteroatoms. The average Bonchev–Trinajstić information content (AvgIpc) is 2.47. The molecule has 22 heavy (non-hydrogen) atoms. The molecule has 0 saturated carbocycles.